The molecule has 1 saturated heterocycles. The van der Waals surface area contributed by atoms with E-state index in [-0.39, 0.29) is 35.9 Å². The number of carbonyl (C=O) groups is 2. The number of amides is 1. The Balaban J connectivity index is 2.35. The van der Waals surface area contributed by atoms with Crippen LogP contribution in [0.3, 0.4) is 0 Å². The number of nitrogen functional groups attached to an aromatic ring is 1. The van der Waals surface area contributed by atoms with E-state index in [1.54, 1.807) is 0 Å². The van der Waals surface area contributed by atoms with Gasteiger partial charge in [-0.1, -0.05) is 0 Å². The zero-order valence-corrected chi connectivity index (χ0v) is 10.7. The number of nitrogens with zero attached hydrogens (tertiary/aromatic N) is 2. The monoisotopic (exact) mass is 279 g/mol. The van der Waals surface area contributed by atoms with Crippen molar-refractivity contribution in [3.05, 3.63) is 28.3 Å². The highest BCUT2D eigenvalue weighted by atomic mass is 16.6. The van der Waals surface area contributed by atoms with Crippen molar-refractivity contribution < 1.29 is 19.2 Å². The van der Waals surface area contributed by atoms with Gasteiger partial charge in [0.1, 0.15) is 5.69 Å². The fourth-order valence-electron chi connectivity index (χ4n) is 2.18. The SMILES string of the molecule is COC(=O)C1CC(=O)N(c2ccc(N)cc2[N+](=O)[O-])C1. The maximum atomic E-state index is 11.9. The standard InChI is InChI=1S/C12H13N3O5/c1-20-12(17)7-4-11(16)14(6-7)9-3-2-8(13)5-10(9)15(18)19/h2-3,5,7H,4,6,13H2,1H3. The topological polar surface area (TPSA) is 116 Å². The lowest BCUT2D eigenvalue weighted by molar-refractivity contribution is -0.384. The average Bonchev–Trinajstić information content (AvgIpc) is 2.79. The number of methoxy groups -OCH3 is 1. The Labute approximate surface area is 114 Å². The van der Waals surface area contributed by atoms with Gasteiger partial charge in [0.05, 0.1) is 18.0 Å². The van der Waals surface area contributed by atoms with Gasteiger partial charge in [-0.15, -0.1) is 0 Å². The van der Waals surface area contributed by atoms with Crippen LogP contribution in [-0.4, -0.2) is 30.5 Å². The second kappa shape index (κ2) is 5.16. The molecule has 1 aromatic rings. The first-order valence-electron chi connectivity index (χ1n) is 5.86. The first-order chi connectivity index (χ1) is 9.43. The van der Waals surface area contributed by atoms with Crippen molar-refractivity contribution in [1.29, 1.82) is 0 Å². The molecule has 20 heavy (non-hydrogen) atoms. The smallest absolute Gasteiger partial charge is 0.311 e. The molecular formula is C12H13N3O5. The number of anilines is 2. The number of rotatable bonds is 3. The molecule has 1 aliphatic heterocycles. The minimum atomic E-state index is -0.607. The summed E-state index contributed by atoms with van der Waals surface area (Å²) >= 11 is 0. The summed E-state index contributed by atoms with van der Waals surface area (Å²) in [5, 5.41) is 11.0. The Morgan fingerprint density at radius 2 is 2.25 bits per heavy atom. The van der Waals surface area contributed by atoms with E-state index in [0.717, 1.165) is 0 Å². The third kappa shape index (κ3) is 2.40. The van der Waals surface area contributed by atoms with Crippen molar-refractivity contribution in [2.45, 2.75) is 6.42 Å². The van der Waals surface area contributed by atoms with E-state index in [4.69, 9.17) is 5.73 Å². The molecule has 1 fully saturated rings. The Hall–Kier alpha value is -2.64. The molecule has 1 amide bonds. The molecule has 8 heteroatoms. The van der Waals surface area contributed by atoms with E-state index in [1.165, 1.54) is 30.2 Å². The van der Waals surface area contributed by atoms with Crippen LogP contribution >= 0.6 is 0 Å². The highest BCUT2D eigenvalue weighted by molar-refractivity contribution is 6.01. The summed E-state index contributed by atoms with van der Waals surface area (Å²) in [6.07, 6.45) is -0.0196. The molecular weight excluding hydrogens is 266 g/mol. The third-order valence-corrected chi connectivity index (χ3v) is 3.15. The number of hydrogen-bond acceptors (Lipinski definition) is 6. The van der Waals surface area contributed by atoms with Gasteiger partial charge in [0.15, 0.2) is 0 Å². The first-order valence-corrected chi connectivity index (χ1v) is 5.86. The van der Waals surface area contributed by atoms with Crippen LogP contribution in [-0.2, 0) is 14.3 Å². The number of hydrogen-bond donors (Lipinski definition) is 1. The highest BCUT2D eigenvalue weighted by Gasteiger charge is 2.38. The van der Waals surface area contributed by atoms with E-state index in [1.807, 2.05) is 0 Å². The van der Waals surface area contributed by atoms with Crippen molar-refractivity contribution in [2.75, 3.05) is 24.3 Å². The second-order valence-corrected chi connectivity index (χ2v) is 4.43. The zero-order valence-electron chi connectivity index (χ0n) is 10.7. The van der Waals surface area contributed by atoms with Gasteiger partial charge in [0.25, 0.3) is 5.69 Å². The summed E-state index contributed by atoms with van der Waals surface area (Å²) in [4.78, 5) is 35.0. The van der Waals surface area contributed by atoms with Crippen LogP contribution in [0.2, 0.25) is 0 Å². The predicted octanol–water partition coefficient (Wildman–Crippen LogP) is 0.703. The Kier molecular flexibility index (Phi) is 3.55. The third-order valence-electron chi connectivity index (χ3n) is 3.15. The maximum Gasteiger partial charge on any atom is 0.311 e. The molecule has 8 nitrogen and oxygen atoms in total. The number of benzene rings is 1. The van der Waals surface area contributed by atoms with Crippen LogP contribution in [0.25, 0.3) is 0 Å². The van der Waals surface area contributed by atoms with Gasteiger partial charge in [0, 0.05) is 24.7 Å². The molecule has 1 heterocycles. The second-order valence-electron chi connectivity index (χ2n) is 4.43. The molecule has 2 rings (SSSR count). The molecule has 0 aromatic heterocycles. The van der Waals surface area contributed by atoms with Crippen LogP contribution in [0.5, 0.6) is 0 Å². The van der Waals surface area contributed by atoms with Crippen LogP contribution in [0.1, 0.15) is 6.42 Å². The van der Waals surface area contributed by atoms with E-state index < -0.39 is 16.8 Å². The van der Waals surface area contributed by atoms with Crippen molar-refractivity contribution in [3.8, 4) is 0 Å². The van der Waals surface area contributed by atoms with Gasteiger partial charge in [0.2, 0.25) is 5.91 Å². The number of esters is 1. The van der Waals surface area contributed by atoms with E-state index in [2.05, 4.69) is 4.74 Å². The van der Waals surface area contributed by atoms with Gasteiger partial charge in [-0.2, -0.15) is 0 Å². The zero-order chi connectivity index (χ0) is 14.9. The largest absolute Gasteiger partial charge is 0.469 e. The van der Waals surface area contributed by atoms with E-state index in [0.29, 0.717) is 0 Å². The van der Waals surface area contributed by atoms with Crippen LogP contribution in [0, 0.1) is 16.0 Å². The van der Waals surface area contributed by atoms with Crippen molar-refractivity contribution in [2.24, 2.45) is 5.92 Å². The molecule has 1 unspecified atom stereocenters. The van der Waals surface area contributed by atoms with E-state index >= 15 is 0 Å². The summed E-state index contributed by atoms with van der Waals surface area (Å²) in [5.74, 6) is -1.46. The Morgan fingerprint density at radius 3 is 2.85 bits per heavy atom. The lowest BCUT2D eigenvalue weighted by Crippen LogP contribution is -2.26. The molecule has 0 radical (unpaired) electrons. The van der Waals surface area contributed by atoms with Gasteiger partial charge in [-0.3, -0.25) is 19.7 Å². The van der Waals surface area contributed by atoms with Gasteiger partial charge < -0.3 is 15.4 Å². The van der Waals surface area contributed by atoms with E-state index in [9.17, 15) is 19.7 Å². The molecule has 0 bridgehead atoms. The first kappa shape index (κ1) is 13.8. The summed E-state index contributed by atoms with van der Waals surface area (Å²) in [7, 11) is 1.24. The van der Waals surface area contributed by atoms with Crippen molar-refractivity contribution in [1.82, 2.24) is 0 Å². The molecule has 1 atom stereocenters. The molecule has 2 N–H and O–H groups in total. The van der Waals surface area contributed by atoms with Gasteiger partial charge in [-0.25, -0.2) is 0 Å². The number of carbonyl (C=O) groups excluding carboxylic acids is 2. The summed E-state index contributed by atoms with van der Waals surface area (Å²) in [6.45, 7) is 0.0657. The fourth-order valence-corrected chi connectivity index (χ4v) is 2.18. The summed E-state index contributed by atoms with van der Waals surface area (Å²) in [5.41, 5.74) is 5.63. The number of ether oxygens (including phenoxy) is 1. The normalized spacial score (nSPS) is 18.1. The number of nitrogens with two attached hydrogens (primary N) is 1. The minimum absolute atomic E-state index is 0.0196. The maximum absolute atomic E-state index is 11.9. The average molecular weight is 279 g/mol. The van der Waals surface area contributed by atoms with Crippen molar-refractivity contribution in [3.63, 3.8) is 0 Å². The van der Waals surface area contributed by atoms with Gasteiger partial charge >= 0.3 is 5.97 Å². The minimum Gasteiger partial charge on any atom is -0.469 e. The fraction of sp³-hybridized carbons (Fsp3) is 0.333. The lowest BCUT2D eigenvalue weighted by Gasteiger charge is -2.16. The van der Waals surface area contributed by atoms with Crippen LogP contribution in [0.15, 0.2) is 18.2 Å². The van der Waals surface area contributed by atoms with Crippen LogP contribution < -0.4 is 10.6 Å². The molecule has 1 aliphatic rings. The molecule has 0 saturated carbocycles. The molecule has 0 aliphatic carbocycles. The van der Waals surface area contributed by atoms with Crippen molar-refractivity contribution >= 4 is 28.9 Å². The van der Waals surface area contributed by atoms with Gasteiger partial charge in [-0.05, 0) is 12.1 Å². The highest BCUT2D eigenvalue weighted by Crippen LogP contribution is 2.34. The molecule has 1 aromatic carbocycles. The quantitative estimate of drug-likeness (QED) is 0.377. The Bertz CT molecular complexity index is 586. The summed E-state index contributed by atoms with van der Waals surface area (Å²) in [6, 6.07) is 4.07. The van der Waals surface area contributed by atoms with Crippen LogP contribution in [0.4, 0.5) is 17.1 Å². The predicted molar refractivity (Wildman–Crippen MR) is 70.0 cm³/mol. The Morgan fingerprint density at radius 1 is 1.55 bits per heavy atom. The number of nitro groups is 1. The molecule has 0 spiro atoms. The lowest BCUT2D eigenvalue weighted by atomic mass is 10.1. The summed E-state index contributed by atoms with van der Waals surface area (Å²) < 4.78 is 4.59. The number of nitro benzene ring substituents is 1. The molecule has 106 valence electrons.